The molecule has 0 aromatic heterocycles. The molecule has 5 heteroatoms. The summed E-state index contributed by atoms with van der Waals surface area (Å²) in [6, 6.07) is 7.61. The summed E-state index contributed by atoms with van der Waals surface area (Å²) in [4.78, 5) is 25.5. The van der Waals surface area contributed by atoms with Crippen molar-refractivity contribution in [3.05, 3.63) is 29.8 Å². The fourth-order valence-electron chi connectivity index (χ4n) is 2.50. The van der Waals surface area contributed by atoms with E-state index >= 15 is 0 Å². The summed E-state index contributed by atoms with van der Waals surface area (Å²) >= 11 is 0. The van der Waals surface area contributed by atoms with E-state index in [0.717, 1.165) is 5.56 Å². The minimum Gasteiger partial charge on any atom is -0.484 e. The van der Waals surface area contributed by atoms with Crippen LogP contribution in [0, 0.1) is 12.8 Å². The van der Waals surface area contributed by atoms with E-state index in [2.05, 4.69) is 0 Å². The average Bonchev–Trinajstić information content (AvgIpc) is 2.54. The molecule has 5 nitrogen and oxygen atoms in total. The lowest BCUT2D eigenvalue weighted by atomic mass is 9.97. The van der Waals surface area contributed by atoms with Gasteiger partial charge >= 0.3 is 5.97 Å². The van der Waals surface area contributed by atoms with Crippen LogP contribution in [0.5, 0.6) is 5.75 Å². The van der Waals surface area contributed by atoms with Crippen LogP contribution in [0.25, 0.3) is 0 Å². The Morgan fingerprint density at radius 2 is 1.82 bits per heavy atom. The number of ether oxygens (including phenoxy) is 2. The molecule has 1 aliphatic heterocycles. The van der Waals surface area contributed by atoms with Gasteiger partial charge in [0.15, 0.2) is 6.61 Å². The van der Waals surface area contributed by atoms with Crippen molar-refractivity contribution in [1.82, 2.24) is 4.90 Å². The van der Waals surface area contributed by atoms with Crippen molar-refractivity contribution < 1.29 is 19.1 Å². The lowest BCUT2D eigenvalue weighted by Gasteiger charge is -2.30. The molecule has 1 aromatic carbocycles. The lowest BCUT2D eigenvalue weighted by molar-refractivity contribution is -0.151. The van der Waals surface area contributed by atoms with Crippen molar-refractivity contribution in [2.75, 3.05) is 26.3 Å². The van der Waals surface area contributed by atoms with Crippen LogP contribution in [0.3, 0.4) is 0 Å². The molecule has 1 heterocycles. The normalized spacial score (nSPS) is 15.5. The third-order valence-corrected chi connectivity index (χ3v) is 3.85. The summed E-state index contributed by atoms with van der Waals surface area (Å²) in [5.41, 5.74) is 1.15. The van der Waals surface area contributed by atoms with Crippen molar-refractivity contribution in [2.45, 2.75) is 26.7 Å². The van der Waals surface area contributed by atoms with Gasteiger partial charge in [0.1, 0.15) is 5.75 Å². The van der Waals surface area contributed by atoms with Gasteiger partial charge in [-0.3, -0.25) is 9.59 Å². The van der Waals surface area contributed by atoms with Crippen LogP contribution < -0.4 is 4.74 Å². The van der Waals surface area contributed by atoms with Crippen LogP contribution in [0.4, 0.5) is 0 Å². The van der Waals surface area contributed by atoms with E-state index in [9.17, 15) is 9.59 Å². The first kappa shape index (κ1) is 16.3. The van der Waals surface area contributed by atoms with Gasteiger partial charge in [-0.2, -0.15) is 0 Å². The standard InChI is InChI=1S/C17H23NO4/c1-3-21-17(20)14-8-10-18(11-9-14)16(19)12-22-15-6-4-13(2)5-7-15/h4-7,14H,3,8-12H2,1-2H3. The van der Waals surface area contributed by atoms with Gasteiger partial charge in [-0.25, -0.2) is 0 Å². The molecule has 1 saturated heterocycles. The van der Waals surface area contributed by atoms with E-state index in [-0.39, 0.29) is 24.4 Å². The lowest BCUT2D eigenvalue weighted by Crippen LogP contribution is -2.42. The molecule has 0 spiro atoms. The smallest absolute Gasteiger partial charge is 0.309 e. The van der Waals surface area contributed by atoms with Gasteiger partial charge < -0.3 is 14.4 Å². The molecule has 0 aliphatic carbocycles. The number of carbonyl (C=O) groups is 2. The zero-order valence-corrected chi connectivity index (χ0v) is 13.2. The fourth-order valence-corrected chi connectivity index (χ4v) is 2.50. The Balaban J connectivity index is 1.75. The highest BCUT2D eigenvalue weighted by Crippen LogP contribution is 2.19. The molecule has 1 fully saturated rings. The van der Waals surface area contributed by atoms with E-state index in [1.807, 2.05) is 31.2 Å². The molecule has 0 radical (unpaired) electrons. The van der Waals surface area contributed by atoms with Crippen LogP contribution in [-0.2, 0) is 14.3 Å². The Morgan fingerprint density at radius 1 is 1.18 bits per heavy atom. The number of rotatable bonds is 5. The topological polar surface area (TPSA) is 55.8 Å². The molecule has 0 N–H and O–H groups in total. The molecular weight excluding hydrogens is 282 g/mol. The zero-order chi connectivity index (χ0) is 15.9. The second-order valence-corrected chi connectivity index (χ2v) is 5.51. The van der Waals surface area contributed by atoms with Crippen molar-refractivity contribution in [1.29, 1.82) is 0 Å². The van der Waals surface area contributed by atoms with Gasteiger partial charge in [0, 0.05) is 13.1 Å². The van der Waals surface area contributed by atoms with Crippen molar-refractivity contribution in [3.8, 4) is 5.75 Å². The molecule has 0 saturated carbocycles. The van der Waals surface area contributed by atoms with E-state index in [1.165, 1.54) is 0 Å². The summed E-state index contributed by atoms with van der Waals surface area (Å²) in [6.45, 7) is 5.41. The first-order chi connectivity index (χ1) is 10.6. The summed E-state index contributed by atoms with van der Waals surface area (Å²) in [6.07, 6.45) is 1.32. The van der Waals surface area contributed by atoms with E-state index in [0.29, 0.717) is 38.3 Å². The largest absolute Gasteiger partial charge is 0.484 e. The minimum absolute atomic E-state index is 0.0349. The number of hydrogen-bond donors (Lipinski definition) is 0. The molecule has 120 valence electrons. The number of nitrogens with zero attached hydrogens (tertiary/aromatic N) is 1. The Bertz CT molecular complexity index is 504. The van der Waals surface area contributed by atoms with Gasteiger partial charge in [-0.15, -0.1) is 0 Å². The number of aryl methyl sites for hydroxylation is 1. The van der Waals surface area contributed by atoms with Crippen LogP contribution in [0.15, 0.2) is 24.3 Å². The van der Waals surface area contributed by atoms with Gasteiger partial charge in [0.05, 0.1) is 12.5 Å². The molecule has 2 rings (SSSR count). The van der Waals surface area contributed by atoms with E-state index in [4.69, 9.17) is 9.47 Å². The summed E-state index contributed by atoms with van der Waals surface area (Å²) in [7, 11) is 0. The van der Waals surface area contributed by atoms with Crippen LogP contribution in [0.1, 0.15) is 25.3 Å². The number of benzene rings is 1. The number of hydrogen-bond acceptors (Lipinski definition) is 4. The van der Waals surface area contributed by atoms with E-state index < -0.39 is 0 Å². The van der Waals surface area contributed by atoms with Crippen molar-refractivity contribution in [3.63, 3.8) is 0 Å². The van der Waals surface area contributed by atoms with Gasteiger partial charge in [-0.05, 0) is 38.8 Å². The quantitative estimate of drug-likeness (QED) is 0.782. The first-order valence-electron chi connectivity index (χ1n) is 7.74. The number of piperidine rings is 1. The summed E-state index contributed by atoms with van der Waals surface area (Å²) < 4.78 is 10.5. The Kier molecular flexibility index (Phi) is 5.81. The van der Waals surface area contributed by atoms with Crippen LogP contribution in [0.2, 0.25) is 0 Å². The minimum atomic E-state index is -0.148. The molecule has 1 aromatic rings. The highest BCUT2D eigenvalue weighted by atomic mass is 16.5. The molecule has 0 atom stereocenters. The van der Waals surface area contributed by atoms with Gasteiger partial charge in [0.2, 0.25) is 0 Å². The second kappa shape index (κ2) is 7.82. The monoisotopic (exact) mass is 305 g/mol. The molecule has 0 unspecified atom stereocenters. The summed E-state index contributed by atoms with van der Waals surface area (Å²) in [5, 5.41) is 0. The number of carbonyl (C=O) groups excluding carboxylic acids is 2. The van der Waals surface area contributed by atoms with Crippen molar-refractivity contribution >= 4 is 11.9 Å². The molecule has 1 aliphatic rings. The first-order valence-corrected chi connectivity index (χ1v) is 7.74. The maximum atomic E-state index is 12.1. The number of amides is 1. The zero-order valence-electron chi connectivity index (χ0n) is 13.2. The third-order valence-electron chi connectivity index (χ3n) is 3.85. The molecular formula is C17H23NO4. The predicted molar refractivity (Wildman–Crippen MR) is 82.6 cm³/mol. The van der Waals surface area contributed by atoms with Crippen LogP contribution in [-0.4, -0.2) is 43.1 Å². The Hall–Kier alpha value is -2.04. The highest BCUT2D eigenvalue weighted by molar-refractivity contribution is 5.78. The Morgan fingerprint density at radius 3 is 2.41 bits per heavy atom. The van der Waals surface area contributed by atoms with Gasteiger partial charge in [0.25, 0.3) is 5.91 Å². The SMILES string of the molecule is CCOC(=O)C1CCN(C(=O)COc2ccc(C)cc2)CC1. The average molecular weight is 305 g/mol. The predicted octanol–water partition coefficient (Wildman–Crippen LogP) is 2.18. The maximum Gasteiger partial charge on any atom is 0.309 e. The fraction of sp³-hybridized carbons (Fsp3) is 0.529. The van der Waals surface area contributed by atoms with Gasteiger partial charge in [-0.1, -0.05) is 17.7 Å². The maximum absolute atomic E-state index is 12.1. The number of likely N-dealkylation sites (tertiary alicyclic amines) is 1. The molecule has 22 heavy (non-hydrogen) atoms. The summed E-state index contributed by atoms with van der Waals surface area (Å²) in [5.74, 6) is 0.427. The Labute approximate surface area is 131 Å². The van der Waals surface area contributed by atoms with E-state index in [1.54, 1.807) is 11.8 Å². The number of esters is 1. The third kappa shape index (κ3) is 4.48. The highest BCUT2D eigenvalue weighted by Gasteiger charge is 2.28. The molecule has 0 bridgehead atoms. The van der Waals surface area contributed by atoms with Crippen LogP contribution >= 0.6 is 0 Å². The van der Waals surface area contributed by atoms with Crippen molar-refractivity contribution in [2.24, 2.45) is 5.92 Å². The second-order valence-electron chi connectivity index (χ2n) is 5.51. The molecule has 1 amide bonds.